The Morgan fingerprint density at radius 1 is 1.56 bits per heavy atom. The standard InChI is InChI=1S/C7H13NO/c8-3-1-5-6-2-4-9-7(5)6/h5-7H,1-4,8H2. The van der Waals surface area contributed by atoms with E-state index < -0.39 is 0 Å². The average Bonchev–Trinajstić information content (AvgIpc) is 2.39. The summed E-state index contributed by atoms with van der Waals surface area (Å²) < 4.78 is 5.44. The van der Waals surface area contributed by atoms with E-state index >= 15 is 0 Å². The normalized spacial score (nSPS) is 47.0. The van der Waals surface area contributed by atoms with E-state index in [2.05, 4.69) is 0 Å². The second kappa shape index (κ2) is 1.96. The van der Waals surface area contributed by atoms with Crippen molar-refractivity contribution in [2.75, 3.05) is 13.2 Å². The maximum Gasteiger partial charge on any atom is 0.0639 e. The third-order valence-electron chi connectivity index (χ3n) is 2.51. The van der Waals surface area contributed by atoms with Gasteiger partial charge in [-0.2, -0.15) is 0 Å². The quantitative estimate of drug-likeness (QED) is 0.581. The Balaban J connectivity index is 1.81. The van der Waals surface area contributed by atoms with Crippen molar-refractivity contribution in [1.29, 1.82) is 0 Å². The molecule has 2 heteroatoms. The molecule has 2 aliphatic rings. The summed E-state index contributed by atoms with van der Waals surface area (Å²) in [5.41, 5.74) is 5.42. The van der Waals surface area contributed by atoms with Crippen LogP contribution in [0.25, 0.3) is 0 Å². The summed E-state index contributed by atoms with van der Waals surface area (Å²) in [6.07, 6.45) is 3.08. The number of fused-ring (bicyclic) bond motifs is 1. The van der Waals surface area contributed by atoms with Gasteiger partial charge in [0.25, 0.3) is 0 Å². The molecule has 1 saturated heterocycles. The maximum atomic E-state index is 5.44. The first kappa shape index (κ1) is 5.69. The van der Waals surface area contributed by atoms with Gasteiger partial charge in [-0.1, -0.05) is 0 Å². The molecular weight excluding hydrogens is 114 g/mol. The highest BCUT2D eigenvalue weighted by Gasteiger charge is 2.53. The molecule has 2 nitrogen and oxygen atoms in total. The number of hydrogen-bond acceptors (Lipinski definition) is 2. The first-order valence-electron chi connectivity index (χ1n) is 3.75. The molecule has 1 aliphatic carbocycles. The molecule has 1 aliphatic heterocycles. The van der Waals surface area contributed by atoms with Gasteiger partial charge in [-0.3, -0.25) is 0 Å². The van der Waals surface area contributed by atoms with Crippen LogP contribution in [0, 0.1) is 11.8 Å². The van der Waals surface area contributed by atoms with Gasteiger partial charge in [0.05, 0.1) is 6.10 Å². The predicted octanol–water partition coefficient (Wildman–Crippen LogP) is 0.370. The monoisotopic (exact) mass is 127 g/mol. The molecule has 0 amide bonds. The highest BCUT2D eigenvalue weighted by atomic mass is 16.5. The molecule has 0 aromatic carbocycles. The summed E-state index contributed by atoms with van der Waals surface area (Å²) in [6, 6.07) is 0. The SMILES string of the molecule is NCCC1C2CCOC12. The lowest BCUT2D eigenvalue weighted by Crippen LogP contribution is -2.04. The van der Waals surface area contributed by atoms with Crippen molar-refractivity contribution in [3.05, 3.63) is 0 Å². The molecule has 0 bridgehead atoms. The van der Waals surface area contributed by atoms with Crippen LogP contribution >= 0.6 is 0 Å². The highest BCUT2D eigenvalue weighted by Crippen LogP contribution is 2.50. The lowest BCUT2D eigenvalue weighted by Gasteiger charge is -1.99. The van der Waals surface area contributed by atoms with E-state index in [0.717, 1.165) is 25.0 Å². The molecule has 9 heavy (non-hydrogen) atoms. The van der Waals surface area contributed by atoms with Gasteiger partial charge in [0.1, 0.15) is 0 Å². The zero-order chi connectivity index (χ0) is 6.27. The van der Waals surface area contributed by atoms with Gasteiger partial charge in [-0.05, 0) is 31.2 Å². The Morgan fingerprint density at radius 3 is 3.00 bits per heavy atom. The van der Waals surface area contributed by atoms with Crippen molar-refractivity contribution < 1.29 is 4.74 Å². The molecule has 3 unspecified atom stereocenters. The van der Waals surface area contributed by atoms with E-state index in [4.69, 9.17) is 10.5 Å². The van der Waals surface area contributed by atoms with Gasteiger partial charge in [0.2, 0.25) is 0 Å². The summed E-state index contributed by atoms with van der Waals surface area (Å²) in [5, 5.41) is 0. The van der Waals surface area contributed by atoms with Gasteiger partial charge < -0.3 is 10.5 Å². The predicted molar refractivity (Wildman–Crippen MR) is 35.0 cm³/mol. The molecule has 0 aromatic heterocycles. The van der Waals surface area contributed by atoms with E-state index in [1.807, 2.05) is 0 Å². The van der Waals surface area contributed by atoms with Crippen molar-refractivity contribution in [3.8, 4) is 0 Å². The largest absolute Gasteiger partial charge is 0.378 e. The molecule has 2 rings (SSSR count). The van der Waals surface area contributed by atoms with Crippen molar-refractivity contribution in [1.82, 2.24) is 0 Å². The van der Waals surface area contributed by atoms with E-state index in [-0.39, 0.29) is 0 Å². The second-order valence-electron chi connectivity index (χ2n) is 3.03. The molecule has 1 saturated carbocycles. The lowest BCUT2D eigenvalue weighted by atomic mass is 10.2. The van der Waals surface area contributed by atoms with Crippen LogP contribution in [0.2, 0.25) is 0 Å². The summed E-state index contributed by atoms with van der Waals surface area (Å²) in [6.45, 7) is 1.83. The highest BCUT2D eigenvalue weighted by molar-refractivity contribution is 5.01. The molecule has 2 fully saturated rings. The minimum Gasteiger partial charge on any atom is -0.378 e. The number of rotatable bonds is 2. The molecule has 1 heterocycles. The van der Waals surface area contributed by atoms with Gasteiger partial charge in [-0.15, -0.1) is 0 Å². The summed E-state index contributed by atoms with van der Waals surface area (Å²) in [7, 11) is 0. The first-order chi connectivity index (χ1) is 4.43. The third-order valence-corrected chi connectivity index (χ3v) is 2.51. The smallest absolute Gasteiger partial charge is 0.0639 e. The van der Waals surface area contributed by atoms with Crippen LogP contribution in [0.4, 0.5) is 0 Å². The third kappa shape index (κ3) is 0.775. The molecule has 0 spiro atoms. The molecular formula is C7H13NO. The Hall–Kier alpha value is -0.0800. The van der Waals surface area contributed by atoms with Crippen LogP contribution in [0.5, 0.6) is 0 Å². The average molecular weight is 127 g/mol. The van der Waals surface area contributed by atoms with Crippen molar-refractivity contribution in [2.45, 2.75) is 18.9 Å². The van der Waals surface area contributed by atoms with Gasteiger partial charge in [0, 0.05) is 6.61 Å². The van der Waals surface area contributed by atoms with Crippen LogP contribution < -0.4 is 5.73 Å². The molecule has 52 valence electrons. The van der Waals surface area contributed by atoms with E-state index in [0.29, 0.717) is 6.10 Å². The number of ether oxygens (including phenoxy) is 1. The molecule has 0 radical (unpaired) electrons. The van der Waals surface area contributed by atoms with Crippen molar-refractivity contribution in [2.24, 2.45) is 17.6 Å². The van der Waals surface area contributed by atoms with Crippen LogP contribution in [-0.2, 0) is 4.74 Å². The Kier molecular flexibility index (Phi) is 1.24. The van der Waals surface area contributed by atoms with Gasteiger partial charge in [0.15, 0.2) is 0 Å². The van der Waals surface area contributed by atoms with Crippen LogP contribution in [0.1, 0.15) is 12.8 Å². The van der Waals surface area contributed by atoms with Gasteiger partial charge in [-0.25, -0.2) is 0 Å². The molecule has 0 aromatic rings. The molecule has 3 atom stereocenters. The zero-order valence-electron chi connectivity index (χ0n) is 5.55. The lowest BCUT2D eigenvalue weighted by molar-refractivity contribution is 0.137. The topological polar surface area (TPSA) is 35.2 Å². The number of nitrogens with two attached hydrogens (primary N) is 1. The van der Waals surface area contributed by atoms with E-state index in [1.54, 1.807) is 0 Å². The fourth-order valence-corrected chi connectivity index (χ4v) is 1.95. The Bertz CT molecular complexity index is 105. The first-order valence-corrected chi connectivity index (χ1v) is 3.75. The van der Waals surface area contributed by atoms with Crippen LogP contribution in [-0.4, -0.2) is 19.3 Å². The fraction of sp³-hybridized carbons (Fsp3) is 1.00. The van der Waals surface area contributed by atoms with Crippen LogP contribution in [0.15, 0.2) is 0 Å². The zero-order valence-corrected chi connectivity index (χ0v) is 5.55. The van der Waals surface area contributed by atoms with Crippen molar-refractivity contribution in [3.63, 3.8) is 0 Å². The fourth-order valence-electron chi connectivity index (χ4n) is 1.95. The van der Waals surface area contributed by atoms with Crippen molar-refractivity contribution >= 4 is 0 Å². The summed E-state index contributed by atoms with van der Waals surface area (Å²) in [5.74, 6) is 1.73. The Labute approximate surface area is 55.4 Å². The maximum absolute atomic E-state index is 5.44. The minimum atomic E-state index is 0.619. The van der Waals surface area contributed by atoms with Gasteiger partial charge >= 0.3 is 0 Å². The van der Waals surface area contributed by atoms with E-state index in [1.165, 1.54) is 12.8 Å². The second-order valence-corrected chi connectivity index (χ2v) is 3.03. The van der Waals surface area contributed by atoms with Crippen LogP contribution in [0.3, 0.4) is 0 Å². The summed E-state index contributed by atoms with van der Waals surface area (Å²) >= 11 is 0. The Morgan fingerprint density at radius 2 is 2.44 bits per heavy atom. The summed E-state index contributed by atoms with van der Waals surface area (Å²) in [4.78, 5) is 0. The minimum absolute atomic E-state index is 0.619. The number of hydrogen-bond donors (Lipinski definition) is 1. The van der Waals surface area contributed by atoms with E-state index in [9.17, 15) is 0 Å². The molecule has 2 N–H and O–H groups in total.